The number of hydrogen-bond acceptors (Lipinski definition) is 9. The molecule has 51 heavy (non-hydrogen) atoms. The van der Waals surface area contributed by atoms with Crippen molar-refractivity contribution in [2.24, 2.45) is 0 Å². The summed E-state index contributed by atoms with van der Waals surface area (Å²) in [5.74, 6) is 0.254. The number of phenolic OH excluding ortho intramolecular Hbond substituents is 1. The van der Waals surface area contributed by atoms with E-state index in [2.05, 4.69) is 25.8 Å². The molecular weight excluding hydrogens is 695 g/mol. The summed E-state index contributed by atoms with van der Waals surface area (Å²) in [6, 6.07) is 15.7. The fourth-order valence-electron chi connectivity index (χ4n) is 5.50. The Morgan fingerprint density at radius 3 is 2.24 bits per heavy atom. The van der Waals surface area contributed by atoms with E-state index in [1.807, 2.05) is 31.2 Å². The highest BCUT2D eigenvalue weighted by molar-refractivity contribution is 7.80. The van der Waals surface area contributed by atoms with Gasteiger partial charge < -0.3 is 35.7 Å². The summed E-state index contributed by atoms with van der Waals surface area (Å²) in [6.07, 6.45) is 4.32. The van der Waals surface area contributed by atoms with Crippen molar-refractivity contribution in [1.29, 1.82) is 0 Å². The van der Waals surface area contributed by atoms with Crippen LogP contribution < -0.4 is 26.7 Å². The molecule has 1 aliphatic heterocycles. The van der Waals surface area contributed by atoms with E-state index in [4.69, 9.17) is 21.2 Å². The molecule has 2 aromatic carbocycles. The molecule has 0 fully saturated rings. The second-order valence-corrected chi connectivity index (χ2v) is 13.8. The Bertz CT molecular complexity index is 1900. The van der Waals surface area contributed by atoms with Crippen LogP contribution in [0.25, 0.3) is 33.4 Å². The average molecular weight is 741 g/mol. The molecule has 274 valence electrons. The van der Waals surface area contributed by atoms with Gasteiger partial charge in [-0.15, -0.1) is 0 Å². The molecule has 1 unspecified atom stereocenters. The van der Waals surface area contributed by atoms with Crippen LogP contribution in [0.5, 0.6) is 5.75 Å². The molecule has 13 nitrogen and oxygen atoms in total. The zero-order valence-electron chi connectivity index (χ0n) is 28.8. The molecule has 2 aromatic rings. The van der Waals surface area contributed by atoms with E-state index < -0.39 is 7.82 Å². The number of rotatable bonds is 19. The summed E-state index contributed by atoms with van der Waals surface area (Å²) >= 11 is 5.51. The van der Waals surface area contributed by atoms with Crippen molar-refractivity contribution in [3.63, 3.8) is 0 Å². The number of fused-ring (bicyclic) bond motifs is 2. The van der Waals surface area contributed by atoms with E-state index in [1.54, 1.807) is 25.1 Å². The zero-order chi connectivity index (χ0) is 36.8. The lowest BCUT2D eigenvalue weighted by Crippen LogP contribution is -2.29. The van der Waals surface area contributed by atoms with Crippen molar-refractivity contribution < 1.29 is 37.6 Å². The highest BCUT2D eigenvalue weighted by Gasteiger charge is 2.20. The van der Waals surface area contributed by atoms with Gasteiger partial charge in [-0.2, -0.15) is 0 Å². The first kappa shape index (κ1) is 39.5. The van der Waals surface area contributed by atoms with Crippen LogP contribution in [0.1, 0.15) is 57.4 Å². The third-order valence-electron chi connectivity index (χ3n) is 7.92. The highest BCUT2D eigenvalue weighted by Crippen LogP contribution is 2.43. The van der Waals surface area contributed by atoms with Crippen molar-refractivity contribution in [3.8, 4) is 28.2 Å². The Morgan fingerprint density at radius 1 is 0.843 bits per heavy atom. The van der Waals surface area contributed by atoms with E-state index in [9.17, 15) is 28.9 Å². The number of nitrogens with one attached hydrogen (secondary N) is 4. The molecule has 2 amide bonds. The van der Waals surface area contributed by atoms with Gasteiger partial charge in [0.05, 0.1) is 13.2 Å². The molecule has 15 heteroatoms. The lowest BCUT2D eigenvalue weighted by molar-refractivity contribution is -0.123. The van der Waals surface area contributed by atoms with Crippen molar-refractivity contribution in [3.05, 3.63) is 70.4 Å². The van der Waals surface area contributed by atoms with Crippen molar-refractivity contribution in [2.45, 2.75) is 58.8 Å². The zero-order valence-corrected chi connectivity index (χ0v) is 30.5. The van der Waals surface area contributed by atoms with Gasteiger partial charge in [-0.05, 0) is 106 Å². The van der Waals surface area contributed by atoms with Crippen LogP contribution in [0.2, 0.25) is 0 Å². The van der Waals surface area contributed by atoms with Gasteiger partial charge >= 0.3 is 7.82 Å². The Balaban J connectivity index is 1.11. The Labute approximate surface area is 302 Å². The number of benzene rings is 3. The number of aromatic hydroxyl groups is 1. The van der Waals surface area contributed by atoms with E-state index in [1.165, 1.54) is 12.1 Å². The van der Waals surface area contributed by atoms with E-state index in [0.717, 1.165) is 52.6 Å². The molecule has 0 radical (unpaired) electrons. The van der Waals surface area contributed by atoms with Gasteiger partial charge in [0.15, 0.2) is 10.5 Å². The third-order valence-corrected chi connectivity index (χ3v) is 9.26. The summed E-state index contributed by atoms with van der Waals surface area (Å²) in [4.78, 5) is 45.3. The largest absolute Gasteiger partial charge is 0.508 e. The summed E-state index contributed by atoms with van der Waals surface area (Å²) in [5.41, 5.74) is 4.81. The van der Waals surface area contributed by atoms with Gasteiger partial charge in [0.25, 0.3) is 0 Å². The molecule has 0 spiro atoms. The Hall–Kier alpha value is -4.33. The molecule has 1 aliphatic carbocycles. The summed E-state index contributed by atoms with van der Waals surface area (Å²) in [7, 11) is -4.06. The number of thiocarbonyl (C=S) groups is 1. The molecule has 1 atom stereocenters. The lowest BCUT2D eigenvalue weighted by atomic mass is 9.91. The molecule has 0 aromatic heterocycles. The first-order valence-corrected chi connectivity index (χ1v) is 18.9. The minimum absolute atomic E-state index is 0.0468. The summed E-state index contributed by atoms with van der Waals surface area (Å²) < 4.78 is 26.7. The van der Waals surface area contributed by atoms with Crippen LogP contribution in [0.4, 0.5) is 5.69 Å². The summed E-state index contributed by atoms with van der Waals surface area (Å²) in [5, 5.41) is 23.3. The third kappa shape index (κ3) is 12.4. The number of amides is 2. The van der Waals surface area contributed by atoms with Crippen molar-refractivity contribution in [1.82, 2.24) is 16.0 Å². The maximum atomic E-state index is 12.1. The van der Waals surface area contributed by atoms with Crippen LogP contribution in [0.15, 0.2) is 63.8 Å². The second-order valence-electron chi connectivity index (χ2n) is 11.9. The molecular formula is C36H45N4O9PS. The number of hydrogen-bond donors (Lipinski definition) is 6. The maximum absolute atomic E-state index is 12.1. The minimum Gasteiger partial charge on any atom is -0.508 e. The van der Waals surface area contributed by atoms with Gasteiger partial charge in [0.1, 0.15) is 17.1 Å². The molecule has 1 heterocycles. The van der Waals surface area contributed by atoms with E-state index in [-0.39, 0.29) is 49.2 Å². The quantitative estimate of drug-likeness (QED) is 0.0286. The maximum Gasteiger partial charge on any atom is 0.472 e. The highest BCUT2D eigenvalue weighted by atomic mass is 32.1. The van der Waals surface area contributed by atoms with Gasteiger partial charge in [-0.25, -0.2) is 4.57 Å². The van der Waals surface area contributed by atoms with Gasteiger partial charge in [0.2, 0.25) is 11.8 Å². The number of phenols is 1. The number of aryl methyl sites for hydroxylation is 1. The first-order valence-electron chi connectivity index (χ1n) is 17.0. The summed E-state index contributed by atoms with van der Waals surface area (Å²) in [6.45, 7) is 4.83. The smallest absolute Gasteiger partial charge is 0.472 e. The SMILES string of the molecule is CCOP(=O)(O)OCCNC(=O)CCCCC(=O)NCCCCCNC(=S)Nc1ccc(-c2c3ccc(=O)cc-3oc3cc(O)ccc23)c(C)c1. The van der Waals surface area contributed by atoms with Gasteiger partial charge in [0, 0.05) is 66.8 Å². The molecule has 6 N–H and O–H groups in total. The van der Waals surface area contributed by atoms with Crippen LogP contribution in [-0.2, 0) is 23.2 Å². The number of carbonyl (C=O) groups excluding carboxylic acids is 2. The molecule has 0 saturated heterocycles. The molecule has 4 rings (SSSR count). The lowest BCUT2D eigenvalue weighted by Gasteiger charge is -2.18. The van der Waals surface area contributed by atoms with Crippen LogP contribution >= 0.6 is 20.0 Å². The fraction of sp³-hybridized carbons (Fsp3) is 0.389. The topological polar surface area (TPSA) is 188 Å². The van der Waals surface area contributed by atoms with E-state index >= 15 is 0 Å². The molecule has 0 bridgehead atoms. The monoisotopic (exact) mass is 740 g/mol. The number of phosphoric acid groups is 1. The number of carbonyl (C=O) groups is 2. The average Bonchev–Trinajstić information content (AvgIpc) is 3.07. The minimum atomic E-state index is -4.06. The van der Waals surface area contributed by atoms with Crippen molar-refractivity contribution in [2.75, 3.05) is 38.2 Å². The Kier molecular flexibility index (Phi) is 15.0. The fourth-order valence-corrected chi connectivity index (χ4v) is 6.45. The van der Waals surface area contributed by atoms with Crippen LogP contribution in [0.3, 0.4) is 0 Å². The standard InChI is InChI=1S/C36H45N4O9PS/c1-3-47-50(45,46)48-20-19-38-34(44)10-6-5-9-33(43)37-17-7-4-8-18-39-36(51)40-25-11-14-28(24(2)21-25)35-29-15-12-26(41)22-31(29)49-32-23-27(42)13-16-30(32)35/h11-16,21-23,41H,3-10,17-20H2,1-2H3,(H,37,43)(H,38,44)(H,45,46)(H2,39,40,51). The predicted molar refractivity (Wildman–Crippen MR) is 201 cm³/mol. The van der Waals surface area contributed by atoms with Gasteiger partial charge in [-0.3, -0.25) is 23.4 Å². The van der Waals surface area contributed by atoms with E-state index in [0.29, 0.717) is 48.8 Å². The molecule has 0 saturated carbocycles. The normalized spacial score (nSPS) is 12.4. The number of anilines is 1. The van der Waals surface area contributed by atoms with Crippen LogP contribution in [0, 0.1) is 6.92 Å². The molecule has 2 aliphatic rings. The van der Waals surface area contributed by atoms with Gasteiger partial charge in [-0.1, -0.05) is 6.07 Å². The first-order chi connectivity index (χ1) is 24.5. The number of unbranched alkanes of at least 4 members (excludes halogenated alkanes) is 3. The predicted octanol–water partition coefficient (Wildman–Crippen LogP) is 5.98. The number of phosphoric ester groups is 1. The van der Waals surface area contributed by atoms with Crippen molar-refractivity contribution >= 4 is 53.6 Å². The Morgan fingerprint density at radius 2 is 1.53 bits per heavy atom. The van der Waals surface area contributed by atoms with Crippen LogP contribution in [-0.4, -0.2) is 59.8 Å². The second kappa shape index (κ2) is 19.3.